The molecule has 2 aromatic carbocycles. The number of esters is 1. The van der Waals surface area contributed by atoms with Crippen LogP contribution in [0.1, 0.15) is 36.9 Å². The van der Waals surface area contributed by atoms with Gasteiger partial charge in [-0.25, -0.2) is 4.79 Å². The van der Waals surface area contributed by atoms with E-state index in [2.05, 4.69) is 0 Å². The minimum atomic E-state index is -0.680. The molecule has 0 spiro atoms. The molecule has 1 amide bonds. The van der Waals surface area contributed by atoms with Crippen molar-refractivity contribution in [3.05, 3.63) is 65.9 Å². The number of ether oxygens (including phenoxy) is 2. The zero-order valence-electron chi connectivity index (χ0n) is 16.9. The first-order valence-corrected chi connectivity index (χ1v) is 9.65. The van der Waals surface area contributed by atoms with Crippen LogP contribution in [0.5, 0.6) is 0 Å². The summed E-state index contributed by atoms with van der Waals surface area (Å²) >= 11 is 0. The molecule has 0 saturated heterocycles. The fourth-order valence-corrected chi connectivity index (χ4v) is 3.19. The van der Waals surface area contributed by atoms with Crippen LogP contribution in [-0.2, 0) is 20.9 Å². The number of anilines is 1. The summed E-state index contributed by atoms with van der Waals surface area (Å²) in [6, 6.07) is 16.6. The second-order valence-electron chi connectivity index (χ2n) is 6.81. The highest BCUT2D eigenvalue weighted by atomic mass is 16.5. The number of fused-ring (bicyclic) bond motifs is 1. The topological polar surface area (TPSA) is 69.0 Å². The molecule has 0 N–H and O–H groups in total. The molecular weight excluding hydrogens is 370 g/mol. The van der Waals surface area contributed by atoms with Crippen molar-refractivity contribution >= 4 is 28.5 Å². The maximum atomic E-state index is 12.7. The maximum Gasteiger partial charge on any atom is 0.375 e. The Morgan fingerprint density at radius 2 is 1.72 bits per heavy atom. The molecule has 1 aromatic heterocycles. The second kappa shape index (κ2) is 9.39. The van der Waals surface area contributed by atoms with E-state index in [0.29, 0.717) is 17.8 Å². The average Bonchev–Trinajstić information content (AvgIpc) is 3.10. The van der Waals surface area contributed by atoms with Gasteiger partial charge < -0.3 is 18.8 Å². The molecule has 152 valence electrons. The fraction of sp³-hybridized carbons (Fsp3) is 0.304. The van der Waals surface area contributed by atoms with Crippen LogP contribution in [0.25, 0.3) is 11.0 Å². The average molecular weight is 395 g/mol. The zero-order chi connectivity index (χ0) is 20.8. The lowest BCUT2D eigenvalue weighted by Crippen LogP contribution is -2.39. The number of amides is 1. The molecule has 0 atom stereocenters. The Morgan fingerprint density at radius 3 is 2.41 bits per heavy atom. The molecule has 3 rings (SSSR count). The lowest BCUT2D eigenvalue weighted by Gasteiger charge is -2.26. The minimum Gasteiger partial charge on any atom is -0.450 e. The van der Waals surface area contributed by atoms with Gasteiger partial charge in [0.05, 0.1) is 6.61 Å². The number of carbonyl (C=O) groups is 2. The van der Waals surface area contributed by atoms with Gasteiger partial charge in [-0.1, -0.05) is 36.4 Å². The van der Waals surface area contributed by atoms with Crippen LogP contribution in [0, 0.1) is 0 Å². The summed E-state index contributed by atoms with van der Waals surface area (Å²) in [5.74, 6) is -0.911. The van der Waals surface area contributed by atoms with Gasteiger partial charge in [-0.2, -0.15) is 0 Å². The van der Waals surface area contributed by atoms with Crippen molar-refractivity contribution in [1.29, 1.82) is 0 Å². The van der Waals surface area contributed by atoms with Crippen LogP contribution in [0.2, 0.25) is 0 Å². The van der Waals surface area contributed by atoms with E-state index in [1.807, 2.05) is 69.3 Å². The van der Waals surface area contributed by atoms with Crippen molar-refractivity contribution in [3.8, 4) is 0 Å². The first-order chi connectivity index (χ1) is 14.0. The summed E-state index contributed by atoms with van der Waals surface area (Å²) < 4.78 is 16.5. The van der Waals surface area contributed by atoms with Crippen LogP contribution in [0.15, 0.2) is 59.0 Å². The van der Waals surface area contributed by atoms with E-state index in [1.54, 1.807) is 11.0 Å². The van der Waals surface area contributed by atoms with Gasteiger partial charge in [-0.05, 0) is 39.0 Å². The number of hydrogen-bond donors (Lipinski definition) is 0. The predicted octanol–water partition coefficient (Wildman–Crippen LogP) is 4.57. The molecule has 0 aliphatic rings. The van der Waals surface area contributed by atoms with Crippen molar-refractivity contribution in [3.63, 3.8) is 0 Å². The van der Waals surface area contributed by atoms with Crippen LogP contribution in [0.4, 0.5) is 5.69 Å². The van der Waals surface area contributed by atoms with Crippen molar-refractivity contribution in [2.24, 2.45) is 0 Å². The Kier molecular flexibility index (Phi) is 6.67. The number of furan rings is 1. The summed E-state index contributed by atoms with van der Waals surface area (Å²) in [4.78, 5) is 27.0. The summed E-state index contributed by atoms with van der Waals surface area (Å²) in [6.07, 6.45) is 0. The van der Waals surface area contributed by atoms with Crippen molar-refractivity contribution < 1.29 is 23.5 Å². The molecule has 0 bridgehead atoms. The van der Waals surface area contributed by atoms with E-state index in [9.17, 15) is 9.59 Å². The Balaban J connectivity index is 1.77. The molecule has 29 heavy (non-hydrogen) atoms. The van der Waals surface area contributed by atoms with E-state index in [4.69, 9.17) is 13.9 Å². The summed E-state index contributed by atoms with van der Waals surface area (Å²) in [7, 11) is 0. The molecular formula is C23H25NO5. The molecule has 1 heterocycles. The highest BCUT2D eigenvalue weighted by molar-refractivity contribution is 5.99. The number of rotatable bonds is 8. The van der Waals surface area contributed by atoms with Gasteiger partial charge in [0.15, 0.2) is 6.61 Å². The van der Waals surface area contributed by atoms with E-state index in [-0.39, 0.29) is 30.9 Å². The number of benzene rings is 2. The third-order valence-electron chi connectivity index (χ3n) is 4.48. The number of carbonyl (C=O) groups excluding carboxylic acids is 2. The van der Waals surface area contributed by atoms with Gasteiger partial charge in [0, 0.05) is 29.3 Å². The third-order valence-corrected chi connectivity index (χ3v) is 4.48. The van der Waals surface area contributed by atoms with Gasteiger partial charge in [0.25, 0.3) is 5.91 Å². The lowest BCUT2D eigenvalue weighted by atomic mass is 10.1. The summed E-state index contributed by atoms with van der Waals surface area (Å²) in [5.41, 5.74) is 1.96. The minimum absolute atomic E-state index is 0.0725. The number of hydrogen-bond acceptors (Lipinski definition) is 5. The van der Waals surface area contributed by atoms with E-state index >= 15 is 0 Å². The quantitative estimate of drug-likeness (QED) is 0.523. The molecule has 0 unspecified atom stereocenters. The van der Waals surface area contributed by atoms with Gasteiger partial charge in [0.1, 0.15) is 5.58 Å². The van der Waals surface area contributed by atoms with E-state index in [1.165, 1.54) is 0 Å². The number of nitrogens with zero attached hydrogens (tertiary/aromatic N) is 1. The highest BCUT2D eigenvalue weighted by Gasteiger charge is 2.25. The van der Waals surface area contributed by atoms with Crippen LogP contribution in [-0.4, -0.2) is 31.1 Å². The Hall–Kier alpha value is -3.12. The second-order valence-corrected chi connectivity index (χ2v) is 6.81. The maximum absolute atomic E-state index is 12.7. The monoisotopic (exact) mass is 395 g/mol. The summed E-state index contributed by atoms with van der Waals surface area (Å²) in [5, 5.41) is 0.798. The first kappa shape index (κ1) is 20.6. The molecule has 0 aliphatic carbocycles. The smallest absolute Gasteiger partial charge is 0.375 e. The van der Waals surface area contributed by atoms with E-state index < -0.39 is 5.97 Å². The van der Waals surface area contributed by atoms with E-state index in [0.717, 1.165) is 11.1 Å². The first-order valence-electron chi connectivity index (χ1n) is 9.65. The molecule has 6 nitrogen and oxygen atoms in total. The molecule has 0 radical (unpaired) electrons. The van der Waals surface area contributed by atoms with Crippen LogP contribution >= 0.6 is 0 Å². The largest absolute Gasteiger partial charge is 0.450 e. The normalized spacial score (nSPS) is 11.0. The van der Waals surface area contributed by atoms with Gasteiger partial charge in [-0.3, -0.25) is 4.79 Å². The summed E-state index contributed by atoms with van der Waals surface area (Å²) in [6.45, 7) is 6.05. The van der Waals surface area contributed by atoms with Crippen LogP contribution in [0.3, 0.4) is 0 Å². The van der Waals surface area contributed by atoms with Crippen LogP contribution < -0.4 is 4.90 Å². The molecule has 0 saturated carbocycles. The van der Waals surface area contributed by atoms with Crippen molar-refractivity contribution in [2.75, 3.05) is 18.1 Å². The Labute approximate surface area is 170 Å². The fourth-order valence-electron chi connectivity index (χ4n) is 3.19. The van der Waals surface area contributed by atoms with Gasteiger partial charge in [-0.15, -0.1) is 0 Å². The molecule has 3 aromatic rings. The Bertz CT molecular complexity index is 977. The van der Waals surface area contributed by atoms with Gasteiger partial charge in [0.2, 0.25) is 5.76 Å². The molecule has 0 fully saturated rings. The standard InChI is InChI=1S/C23H25NO5/c1-4-27-14-19-18-12-8-9-13-20(18)29-22(19)23(26)28-15-21(25)24(16(2)3)17-10-6-5-7-11-17/h5-13,16H,4,14-15H2,1-3H3. The predicted molar refractivity (Wildman–Crippen MR) is 111 cm³/mol. The number of para-hydroxylation sites is 2. The third kappa shape index (κ3) is 4.66. The van der Waals surface area contributed by atoms with Crippen molar-refractivity contribution in [1.82, 2.24) is 0 Å². The van der Waals surface area contributed by atoms with Gasteiger partial charge >= 0.3 is 5.97 Å². The molecule has 0 aliphatic heterocycles. The Morgan fingerprint density at radius 1 is 1.03 bits per heavy atom. The zero-order valence-corrected chi connectivity index (χ0v) is 16.9. The SMILES string of the molecule is CCOCc1c(C(=O)OCC(=O)N(c2ccccc2)C(C)C)oc2ccccc12. The molecule has 6 heteroatoms. The van der Waals surface area contributed by atoms with Crippen molar-refractivity contribution in [2.45, 2.75) is 33.4 Å². The highest BCUT2D eigenvalue weighted by Crippen LogP contribution is 2.27. The lowest BCUT2D eigenvalue weighted by molar-refractivity contribution is -0.122.